The molecule has 0 radical (unpaired) electrons. The molecule has 1 saturated heterocycles. The quantitative estimate of drug-likeness (QED) is 0.519. The van der Waals surface area contributed by atoms with Crippen LogP contribution in [-0.2, 0) is 4.74 Å². The van der Waals surface area contributed by atoms with E-state index in [0.717, 1.165) is 41.7 Å². The van der Waals surface area contributed by atoms with E-state index in [0.29, 0.717) is 5.56 Å². The molecule has 0 aromatic heterocycles. The number of ketones is 1. The molecule has 1 aliphatic rings. The van der Waals surface area contributed by atoms with Crippen LogP contribution in [0.5, 0.6) is 5.75 Å². The Morgan fingerprint density at radius 3 is 2.50 bits per heavy atom. The molecule has 3 rings (SSSR count). The topological polar surface area (TPSA) is 35.5 Å². The number of rotatable bonds is 5. The van der Waals surface area contributed by atoms with E-state index in [2.05, 4.69) is 15.9 Å². The molecule has 0 saturated carbocycles. The van der Waals surface area contributed by atoms with E-state index in [1.54, 1.807) is 18.2 Å². The van der Waals surface area contributed by atoms with Gasteiger partial charge in [-0.2, -0.15) is 0 Å². The third kappa shape index (κ3) is 4.79. The smallest absolute Gasteiger partial charge is 0.199 e. The summed E-state index contributed by atoms with van der Waals surface area (Å²) in [6.07, 6.45) is 6.44. The minimum Gasteiger partial charge on any atom is -0.465 e. The van der Waals surface area contributed by atoms with Crippen LogP contribution in [0.15, 0.2) is 59.1 Å². The summed E-state index contributed by atoms with van der Waals surface area (Å²) in [5.74, 6) is 0.775. The van der Waals surface area contributed by atoms with Gasteiger partial charge in [0.1, 0.15) is 5.75 Å². The van der Waals surface area contributed by atoms with Crippen LogP contribution in [-0.4, -0.2) is 18.7 Å². The van der Waals surface area contributed by atoms with Crippen molar-refractivity contribution < 1.29 is 14.3 Å². The summed E-state index contributed by atoms with van der Waals surface area (Å²) < 4.78 is 12.3. The molecular weight excluding hydrogens is 368 g/mol. The predicted molar refractivity (Wildman–Crippen MR) is 98.2 cm³/mol. The van der Waals surface area contributed by atoms with Crippen molar-refractivity contribution in [3.05, 3.63) is 70.2 Å². The van der Waals surface area contributed by atoms with Crippen molar-refractivity contribution in [2.24, 2.45) is 0 Å². The van der Waals surface area contributed by atoms with Gasteiger partial charge in [-0.3, -0.25) is 4.79 Å². The van der Waals surface area contributed by atoms with Crippen LogP contribution in [0.25, 0.3) is 6.08 Å². The van der Waals surface area contributed by atoms with E-state index >= 15 is 0 Å². The maximum absolute atomic E-state index is 12.1. The molecular formula is C20H19BrO3. The number of carbonyl (C=O) groups is 1. The molecule has 4 heteroatoms. The number of hydrogen-bond donors (Lipinski definition) is 0. The third-order valence-electron chi connectivity index (χ3n) is 3.84. The van der Waals surface area contributed by atoms with E-state index in [1.165, 1.54) is 0 Å². The van der Waals surface area contributed by atoms with Crippen LogP contribution < -0.4 is 4.74 Å². The average Bonchev–Trinajstić information content (AvgIpc) is 2.62. The van der Waals surface area contributed by atoms with Crippen LogP contribution >= 0.6 is 15.9 Å². The van der Waals surface area contributed by atoms with Gasteiger partial charge in [0.2, 0.25) is 0 Å². The summed E-state index contributed by atoms with van der Waals surface area (Å²) in [6.45, 7) is 0.768. The molecule has 1 unspecified atom stereocenters. The van der Waals surface area contributed by atoms with Gasteiger partial charge in [-0.15, -0.1) is 0 Å². The van der Waals surface area contributed by atoms with Crippen molar-refractivity contribution in [1.29, 1.82) is 0 Å². The van der Waals surface area contributed by atoms with Crippen molar-refractivity contribution in [3.63, 3.8) is 0 Å². The first-order chi connectivity index (χ1) is 11.7. The molecule has 0 N–H and O–H groups in total. The summed E-state index contributed by atoms with van der Waals surface area (Å²) in [5, 5.41) is 0. The van der Waals surface area contributed by atoms with Crippen LogP contribution in [0.3, 0.4) is 0 Å². The van der Waals surface area contributed by atoms with Crippen LogP contribution in [0.4, 0.5) is 0 Å². The highest BCUT2D eigenvalue weighted by Gasteiger charge is 2.14. The molecule has 1 aliphatic heterocycles. The minimum absolute atomic E-state index is 0.0153. The van der Waals surface area contributed by atoms with Gasteiger partial charge >= 0.3 is 0 Å². The summed E-state index contributed by atoms with van der Waals surface area (Å²) in [7, 11) is 0. The zero-order valence-corrected chi connectivity index (χ0v) is 14.9. The molecule has 0 spiro atoms. The predicted octanol–water partition coefficient (Wildman–Crippen LogP) is 5.25. The number of hydrogen-bond acceptors (Lipinski definition) is 3. The third-order valence-corrected chi connectivity index (χ3v) is 4.37. The molecule has 124 valence electrons. The van der Waals surface area contributed by atoms with Gasteiger partial charge in [-0.25, -0.2) is 0 Å². The van der Waals surface area contributed by atoms with Gasteiger partial charge in [-0.1, -0.05) is 34.1 Å². The average molecular weight is 387 g/mol. The van der Waals surface area contributed by atoms with Crippen molar-refractivity contribution in [1.82, 2.24) is 0 Å². The Morgan fingerprint density at radius 1 is 1.08 bits per heavy atom. The summed E-state index contributed by atoms with van der Waals surface area (Å²) in [4.78, 5) is 12.1. The van der Waals surface area contributed by atoms with Gasteiger partial charge in [0, 0.05) is 16.5 Å². The Kier molecular flexibility index (Phi) is 5.83. The fourth-order valence-electron chi connectivity index (χ4n) is 2.50. The lowest BCUT2D eigenvalue weighted by Crippen LogP contribution is -2.24. The lowest BCUT2D eigenvalue weighted by Gasteiger charge is -2.23. The second-order valence-corrected chi connectivity index (χ2v) is 6.60. The molecule has 0 aliphatic carbocycles. The Hall–Kier alpha value is -1.91. The van der Waals surface area contributed by atoms with Crippen molar-refractivity contribution >= 4 is 27.8 Å². The van der Waals surface area contributed by atoms with E-state index in [9.17, 15) is 4.79 Å². The van der Waals surface area contributed by atoms with Gasteiger partial charge < -0.3 is 9.47 Å². The van der Waals surface area contributed by atoms with Crippen molar-refractivity contribution in [2.75, 3.05) is 6.61 Å². The van der Waals surface area contributed by atoms with Crippen LogP contribution in [0.1, 0.15) is 35.2 Å². The number of allylic oxidation sites excluding steroid dienone is 1. The molecule has 24 heavy (non-hydrogen) atoms. The van der Waals surface area contributed by atoms with E-state index in [4.69, 9.17) is 9.47 Å². The largest absolute Gasteiger partial charge is 0.465 e. The lowest BCUT2D eigenvalue weighted by atomic mass is 10.1. The molecule has 0 bridgehead atoms. The fourth-order valence-corrected chi connectivity index (χ4v) is 2.76. The maximum atomic E-state index is 12.1. The number of benzene rings is 2. The van der Waals surface area contributed by atoms with Crippen molar-refractivity contribution in [3.8, 4) is 5.75 Å². The van der Waals surface area contributed by atoms with Gasteiger partial charge in [0.25, 0.3) is 0 Å². The summed E-state index contributed by atoms with van der Waals surface area (Å²) >= 11 is 3.36. The maximum Gasteiger partial charge on any atom is 0.199 e. The highest BCUT2D eigenvalue weighted by Crippen LogP contribution is 2.20. The Labute approximate surface area is 150 Å². The van der Waals surface area contributed by atoms with Gasteiger partial charge in [0.15, 0.2) is 12.1 Å². The van der Waals surface area contributed by atoms with Crippen molar-refractivity contribution in [2.45, 2.75) is 25.6 Å². The molecule has 0 amide bonds. The fraction of sp³-hybridized carbons (Fsp3) is 0.250. The molecule has 2 aromatic carbocycles. The molecule has 1 heterocycles. The Balaban J connectivity index is 1.58. The first-order valence-corrected chi connectivity index (χ1v) is 8.86. The summed E-state index contributed by atoms with van der Waals surface area (Å²) in [6, 6.07) is 15.0. The molecule has 1 atom stereocenters. The first kappa shape index (κ1) is 16.9. The molecule has 1 fully saturated rings. The van der Waals surface area contributed by atoms with E-state index in [1.807, 2.05) is 42.5 Å². The molecule has 2 aromatic rings. The highest BCUT2D eigenvalue weighted by molar-refractivity contribution is 9.10. The van der Waals surface area contributed by atoms with Gasteiger partial charge in [0.05, 0.1) is 6.61 Å². The zero-order chi connectivity index (χ0) is 16.8. The number of carbonyl (C=O) groups excluding carboxylic acids is 1. The Morgan fingerprint density at radius 2 is 1.83 bits per heavy atom. The van der Waals surface area contributed by atoms with E-state index in [-0.39, 0.29) is 12.1 Å². The SMILES string of the molecule is O=C(/C=C/c1ccc(OC2CCCCO2)cc1)c1ccc(Br)cc1. The van der Waals surface area contributed by atoms with E-state index < -0.39 is 0 Å². The first-order valence-electron chi connectivity index (χ1n) is 8.07. The lowest BCUT2D eigenvalue weighted by molar-refractivity contribution is -0.105. The molecule has 3 nitrogen and oxygen atoms in total. The van der Waals surface area contributed by atoms with Crippen LogP contribution in [0.2, 0.25) is 0 Å². The minimum atomic E-state index is -0.140. The van der Waals surface area contributed by atoms with Gasteiger partial charge in [-0.05, 0) is 60.9 Å². The standard InChI is InChI=1S/C20H19BrO3/c21-17-9-7-16(8-10-17)19(22)13-6-15-4-11-18(12-5-15)24-20-3-1-2-14-23-20/h4-13,20H,1-3,14H2/b13-6+. The monoisotopic (exact) mass is 386 g/mol. The number of halogens is 1. The second-order valence-electron chi connectivity index (χ2n) is 5.69. The second kappa shape index (κ2) is 8.27. The normalized spacial score (nSPS) is 17.8. The number of ether oxygens (including phenoxy) is 2. The summed E-state index contributed by atoms with van der Waals surface area (Å²) in [5.41, 5.74) is 1.63. The Bertz CT molecular complexity index is 699. The highest BCUT2D eigenvalue weighted by atomic mass is 79.9. The zero-order valence-electron chi connectivity index (χ0n) is 13.3. The van der Waals surface area contributed by atoms with Crippen LogP contribution in [0, 0.1) is 0 Å².